The molecule has 0 saturated heterocycles. The topological polar surface area (TPSA) is 0 Å². The molecule has 0 heterocycles. The van der Waals surface area contributed by atoms with Gasteiger partial charge in [0.2, 0.25) is 0 Å². The van der Waals surface area contributed by atoms with Crippen molar-refractivity contribution in [2.45, 2.75) is 24.1 Å². The second-order valence-electron chi connectivity index (χ2n) is 3.59. The van der Waals surface area contributed by atoms with E-state index in [4.69, 9.17) is 23.2 Å². The van der Waals surface area contributed by atoms with Crippen molar-refractivity contribution in [2.75, 3.05) is 0 Å². The van der Waals surface area contributed by atoms with E-state index in [1.165, 1.54) is 5.56 Å². The first kappa shape index (κ1) is 8.40. The predicted octanol–water partition coefficient (Wildman–Crippen LogP) is 3.82. The van der Waals surface area contributed by atoms with Crippen LogP contribution in [0.5, 0.6) is 0 Å². The van der Waals surface area contributed by atoms with Gasteiger partial charge in [0.15, 0.2) is 0 Å². The molecule has 0 aliphatic heterocycles. The highest BCUT2D eigenvalue weighted by Crippen LogP contribution is 2.56. The SMILES string of the molecule is CC1(Cl)CC1c1cccc(Cl)c1. The Morgan fingerprint density at radius 2 is 2.17 bits per heavy atom. The summed E-state index contributed by atoms with van der Waals surface area (Å²) in [6.45, 7) is 2.07. The van der Waals surface area contributed by atoms with Crippen LogP contribution in [0.1, 0.15) is 24.8 Å². The molecule has 2 heteroatoms. The summed E-state index contributed by atoms with van der Waals surface area (Å²) >= 11 is 12.0. The Morgan fingerprint density at radius 1 is 1.50 bits per heavy atom. The standard InChI is InChI=1S/C10H10Cl2/c1-10(12)6-9(10)7-3-2-4-8(11)5-7/h2-5,9H,6H2,1H3. The lowest BCUT2D eigenvalue weighted by Crippen LogP contribution is -1.92. The van der Waals surface area contributed by atoms with Gasteiger partial charge in [-0.2, -0.15) is 0 Å². The van der Waals surface area contributed by atoms with Crippen molar-refractivity contribution in [3.63, 3.8) is 0 Å². The molecule has 12 heavy (non-hydrogen) atoms. The summed E-state index contributed by atoms with van der Waals surface area (Å²) in [7, 11) is 0. The predicted molar refractivity (Wildman–Crippen MR) is 53.1 cm³/mol. The number of hydrogen-bond donors (Lipinski definition) is 0. The smallest absolute Gasteiger partial charge is 0.0494 e. The van der Waals surface area contributed by atoms with Gasteiger partial charge >= 0.3 is 0 Å². The van der Waals surface area contributed by atoms with Gasteiger partial charge in [-0.05, 0) is 31.0 Å². The molecule has 0 amide bonds. The van der Waals surface area contributed by atoms with Crippen molar-refractivity contribution in [3.8, 4) is 0 Å². The maximum Gasteiger partial charge on any atom is 0.0494 e. The molecule has 1 aliphatic carbocycles. The Labute approximate surface area is 82.5 Å². The lowest BCUT2D eigenvalue weighted by Gasteiger charge is -2.01. The number of hydrogen-bond acceptors (Lipinski definition) is 0. The van der Waals surface area contributed by atoms with Crippen LogP contribution < -0.4 is 0 Å². The molecule has 0 radical (unpaired) electrons. The van der Waals surface area contributed by atoms with E-state index >= 15 is 0 Å². The lowest BCUT2D eigenvalue weighted by molar-refractivity contribution is 0.958. The Bertz CT molecular complexity index is 304. The van der Waals surface area contributed by atoms with Gasteiger partial charge in [-0.25, -0.2) is 0 Å². The molecule has 2 rings (SSSR count). The Balaban J connectivity index is 2.26. The van der Waals surface area contributed by atoms with E-state index < -0.39 is 0 Å². The minimum Gasteiger partial charge on any atom is -0.119 e. The number of halogens is 2. The highest BCUT2D eigenvalue weighted by molar-refractivity contribution is 6.30. The van der Waals surface area contributed by atoms with Gasteiger partial charge in [0.25, 0.3) is 0 Å². The molecule has 2 atom stereocenters. The second-order valence-corrected chi connectivity index (χ2v) is 4.89. The fraction of sp³-hybridized carbons (Fsp3) is 0.400. The van der Waals surface area contributed by atoms with E-state index in [2.05, 4.69) is 13.0 Å². The minimum atomic E-state index is -0.0231. The average molecular weight is 201 g/mol. The minimum absolute atomic E-state index is 0.0231. The number of benzene rings is 1. The molecule has 1 aliphatic rings. The molecule has 0 spiro atoms. The molecular formula is C10H10Cl2. The third-order valence-electron chi connectivity index (χ3n) is 2.42. The first-order valence-electron chi connectivity index (χ1n) is 4.04. The fourth-order valence-electron chi connectivity index (χ4n) is 1.53. The molecule has 1 fully saturated rings. The molecule has 1 saturated carbocycles. The first-order chi connectivity index (χ1) is 5.59. The molecule has 64 valence electrons. The van der Waals surface area contributed by atoms with E-state index in [1.807, 2.05) is 18.2 Å². The van der Waals surface area contributed by atoms with Gasteiger partial charge in [0, 0.05) is 15.8 Å². The Kier molecular flexibility index (Phi) is 1.85. The van der Waals surface area contributed by atoms with Gasteiger partial charge < -0.3 is 0 Å². The molecular weight excluding hydrogens is 191 g/mol. The van der Waals surface area contributed by atoms with Gasteiger partial charge in [-0.1, -0.05) is 23.7 Å². The summed E-state index contributed by atoms with van der Waals surface area (Å²) in [5, 5.41) is 0.798. The molecule has 0 nitrogen and oxygen atoms in total. The van der Waals surface area contributed by atoms with Crippen LogP contribution >= 0.6 is 23.2 Å². The summed E-state index contributed by atoms with van der Waals surface area (Å²) in [4.78, 5) is -0.0231. The van der Waals surface area contributed by atoms with Crippen molar-refractivity contribution in [1.82, 2.24) is 0 Å². The largest absolute Gasteiger partial charge is 0.119 e. The van der Waals surface area contributed by atoms with Crippen LogP contribution in [-0.4, -0.2) is 4.87 Å². The average Bonchev–Trinajstić information content (AvgIpc) is 2.60. The number of rotatable bonds is 1. The van der Waals surface area contributed by atoms with Gasteiger partial charge in [0.05, 0.1) is 0 Å². The highest BCUT2D eigenvalue weighted by atomic mass is 35.5. The van der Waals surface area contributed by atoms with Gasteiger partial charge in [-0.15, -0.1) is 11.6 Å². The monoisotopic (exact) mass is 200 g/mol. The van der Waals surface area contributed by atoms with Crippen LogP contribution in [0.2, 0.25) is 5.02 Å². The number of alkyl halides is 1. The maximum atomic E-state index is 6.15. The second kappa shape index (κ2) is 2.65. The van der Waals surface area contributed by atoms with Crippen LogP contribution in [0, 0.1) is 0 Å². The normalized spacial score (nSPS) is 33.4. The third-order valence-corrected chi connectivity index (χ3v) is 3.07. The van der Waals surface area contributed by atoms with Gasteiger partial charge in [-0.3, -0.25) is 0 Å². The molecule has 1 aromatic carbocycles. The van der Waals surface area contributed by atoms with Crippen LogP contribution in [0.25, 0.3) is 0 Å². The quantitative estimate of drug-likeness (QED) is 0.605. The fourth-order valence-corrected chi connectivity index (χ4v) is 2.01. The molecule has 0 bridgehead atoms. The molecule has 2 unspecified atom stereocenters. The van der Waals surface area contributed by atoms with E-state index in [1.54, 1.807) is 0 Å². The van der Waals surface area contributed by atoms with E-state index in [9.17, 15) is 0 Å². The highest BCUT2D eigenvalue weighted by Gasteiger charge is 2.49. The first-order valence-corrected chi connectivity index (χ1v) is 4.79. The Morgan fingerprint density at radius 3 is 2.67 bits per heavy atom. The van der Waals surface area contributed by atoms with Crippen molar-refractivity contribution < 1.29 is 0 Å². The molecule has 0 aromatic heterocycles. The zero-order chi connectivity index (χ0) is 8.77. The van der Waals surface area contributed by atoms with Crippen molar-refractivity contribution in [3.05, 3.63) is 34.9 Å². The lowest BCUT2D eigenvalue weighted by atomic mass is 10.1. The summed E-state index contributed by atoms with van der Waals surface area (Å²) < 4.78 is 0. The van der Waals surface area contributed by atoms with E-state index in [-0.39, 0.29) is 4.87 Å². The molecule has 0 N–H and O–H groups in total. The summed E-state index contributed by atoms with van der Waals surface area (Å²) in [6, 6.07) is 7.95. The maximum absolute atomic E-state index is 6.15. The summed E-state index contributed by atoms with van der Waals surface area (Å²) in [5.41, 5.74) is 1.26. The van der Waals surface area contributed by atoms with Crippen LogP contribution in [0.15, 0.2) is 24.3 Å². The summed E-state index contributed by atoms with van der Waals surface area (Å²) in [6.07, 6.45) is 1.06. The van der Waals surface area contributed by atoms with E-state index in [0.29, 0.717) is 5.92 Å². The molecule has 1 aromatic rings. The summed E-state index contributed by atoms with van der Waals surface area (Å²) in [5.74, 6) is 0.498. The van der Waals surface area contributed by atoms with Crippen LogP contribution in [-0.2, 0) is 0 Å². The van der Waals surface area contributed by atoms with Crippen molar-refractivity contribution >= 4 is 23.2 Å². The zero-order valence-corrected chi connectivity index (χ0v) is 8.36. The zero-order valence-electron chi connectivity index (χ0n) is 6.85. The van der Waals surface area contributed by atoms with Crippen molar-refractivity contribution in [2.24, 2.45) is 0 Å². The van der Waals surface area contributed by atoms with Crippen LogP contribution in [0.3, 0.4) is 0 Å². The van der Waals surface area contributed by atoms with Gasteiger partial charge in [0.1, 0.15) is 0 Å². The Hall–Kier alpha value is -0.200. The van der Waals surface area contributed by atoms with Crippen LogP contribution in [0.4, 0.5) is 0 Å². The van der Waals surface area contributed by atoms with Crippen molar-refractivity contribution in [1.29, 1.82) is 0 Å². The third kappa shape index (κ3) is 1.46. The van der Waals surface area contributed by atoms with E-state index in [0.717, 1.165) is 11.4 Å².